The number of amides is 2. The third-order valence-electron chi connectivity index (χ3n) is 5.32. The summed E-state index contributed by atoms with van der Waals surface area (Å²) in [6, 6.07) is 7.71. The zero-order valence-corrected chi connectivity index (χ0v) is 15.6. The van der Waals surface area contributed by atoms with E-state index in [9.17, 15) is 9.59 Å². The predicted molar refractivity (Wildman–Crippen MR) is 99.8 cm³/mol. The van der Waals surface area contributed by atoms with E-state index in [1.54, 1.807) is 0 Å². The number of nitrogens with one attached hydrogen (secondary N) is 2. The molecule has 4 nitrogen and oxygen atoms in total. The first-order chi connectivity index (χ1) is 11.8. The van der Waals surface area contributed by atoms with Gasteiger partial charge in [-0.15, -0.1) is 0 Å². The first-order valence-corrected chi connectivity index (χ1v) is 9.11. The molecule has 0 bridgehead atoms. The van der Waals surface area contributed by atoms with Gasteiger partial charge in [0.1, 0.15) is 0 Å². The summed E-state index contributed by atoms with van der Waals surface area (Å²) in [4.78, 5) is 24.4. The molecule has 4 heteroatoms. The highest BCUT2D eigenvalue weighted by molar-refractivity contribution is 5.94. The van der Waals surface area contributed by atoms with Crippen LogP contribution in [0.15, 0.2) is 35.9 Å². The van der Waals surface area contributed by atoms with Gasteiger partial charge in [-0.1, -0.05) is 37.6 Å². The lowest BCUT2D eigenvalue weighted by molar-refractivity contribution is -0.123. The van der Waals surface area contributed by atoms with E-state index in [0.717, 1.165) is 24.1 Å². The van der Waals surface area contributed by atoms with Crippen LogP contribution in [0.4, 0.5) is 5.69 Å². The van der Waals surface area contributed by atoms with Crippen molar-refractivity contribution in [2.45, 2.75) is 47.1 Å². The van der Waals surface area contributed by atoms with Gasteiger partial charge in [-0.2, -0.15) is 0 Å². The van der Waals surface area contributed by atoms with Gasteiger partial charge in [0, 0.05) is 18.2 Å². The molecule has 2 saturated carbocycles. The molecule has 2 unspecified atom stereocenters. The second kappa shape index (κ2) is 6.66. The largest absolute Gasteiger partial charge is 0.352 e. The van der Waals surface area contributed by atoms with Gasteiger partial charge in [0.15, 0.2) is 0 Å². The standard InChI is InChI=1S/C21H28N2O2/c1-13(2)10-17-18(21(17,3)4)20(25)22-12-14-6-5-7-16(11-14)23-19(24)15-8-9-15/h5-7,10-11,15,17-18H,8-9,12H2,1-4H3,(H,22,25)(H,23,24). The van der Waals surface area contributed by atoms with Crippen LogP contribution in [0, 0.1) is 23.2 Å². The van der Waals surface area contributed by atoms with Crippen molar-refractivity contribution in [3.05, 3.63) is 41.5 Å². The van der Waals surface area contributed by atoms with Crippen LogP contribution in [0.2, 0.25) is 0 Å². The quantitative estimate of drug-likeness (QED) is 0.772. The number of anilines is 1. The molecule has 0 radical (unpaired) electrons. The van der Waals surface area contributed by atoms with E-state index in [1.165, 1.54) is 5.57 Å². The van der Waals surface area contributed by atoms with E-state index in [0.29, 0.717) is 12.5 Å². The van der Waals surface area contributed by atoms with Crippen LogP contribution in [0.1, 0.15) is 46.1 Å². The van der Waals surface area contributed by atoms with Crippen molar-refractivity contribution in [3.63, 3.8) is 0 Å². The molecule has 2 atom stereocenters. The molecular weight excluding hydrogens is 312 g/mol. The lowest BCUT2D eigenvalue weighted by Gasteiger charge is -2.09. The fourth-order valence-corrected chi connectivity index (χ4v) is 3.50. The van der Waals surface area contributed by atoms with Gasteiger partial charge in [-0.05, 0) is 55.7 Å². The summed E-state index contributed by atoms with van der Waals surface area (Å²) < 4.78 is 0. The van der Waals surface area contributed by atoms with Gasteiger partial charge >= 0.3 is 0 Å². The Kier molecular flexibility index (Phi) is 4.72. The van der Waals surface area contributed by atoms with Crippen molar-refractivity contribution in [2.24, 2.45) is 23.2 Å². The summed E-state index contributed by atoms with van der Waals surface area (Å²) in [6.07, 6.45) is 4.19. The van der Waals surface area contributed by atoms with E-state index in [-0.39, 0.29) is 29.1 Å². The molecule has 0 spiro atoms. The second-order valence-electron chi connectivity index (χ2n) is 8.25. The number of rotatable bonds is 6. The Bertz CT molecular complexity index is 712. The van der Waals surface area contributed by atoms with Crippen molar-refractivity contribution in [2.75, 3.05) is 5.32 Å². The van der Waals surface area contributed by atoms with Crippen LogP contribution in [-0.2, 0) is 16.1 Å². The van der Waals surface area contributed by atoms with Crippen LogP contribution in [0.5, 0.6) is 0 Å². The minimum atomic E-state index is 0.0292. The second-order valence-corrected chi connectivity index (χ2v) is 8.25. The molecule has 25 heavy (non-hydrogen) atoms. The number of hydrogen-bond acceptors (Lipinski definition) is 2. The molecule has 0 heterocycles. The predicted octanol–water partition coefficient (Wildman–Crippen LogP) is 3.89. The Morgan fingerprint density at radius 2 is 1.92 bits per heavy atom. The highest BCUT2D eigenvalue weighted by Gasteiger charge is 2.60. The summed E-state index contributed by atoms with van der Waals surface area (Å²) in [5, 5.41) is 6.00. The molecule has 134 valence electrons. The first-order valence-electron chi connectivity index (χ1n) is 9.11. The van der Waals surface area contributed by atoms with Crippen molar-refractivity contribution >= 4 is 17.5 Å². The number of allylic oxidation sites excluding steroid dienone is 2. The fraction of sp³-hybridized carbons (Fsp3) is 0.524. The Labute approximate surface area is 150 Å². The number of benzene rings is 1. The molecule has 2 aliphatic rings. The van der Waals surface area contributed by atoms with Crippen molar-refractivity contribution in [1.29, 1.82) is 0 Å². The smallest absolute Gasteiger partial charge is 0.227 e. The third-order valence-corrected chi connectivity index (χ3v) is 5.32. The Morgan fingerprint density at radius 1 is 1.20 bits per heavy atom. The number of carbonyl (C=O) groups excluding carboxylic acids is 2. The van der Waals surface area contributed by atoms with Gasteiger partial charge in [-0.3, -0.25) is 9.59 Å². The zero-order chi connectivity index (χ0) is 18.2. The van der Waals surface area contributed by atoms with Crippen molar-refractivity contribution in [1.82, 2.24) is 5.32 Å². The summed E-state index contributed by atoms with van der Waals surface area (Å²) in [5.74, 6) is 0.764. The Hall–Kier alpha value is -2.10. The number of hydrogen-bond donors (Lipinski definition) is 2. The molecular formula is C21H28N2O2. The minimum Gasteiger partial charge on any atom is -0.352 e. The van der Waals surface area contributed by atoms with Gasteiger partial charge in [0.25, 0.3) is 0 Å². The zero-order valence-electron chi connectivity index (χ0n) is 15.6. The lowest BCUT2D eigenvalue weighted by atomic mass is 10.1. The molecule has 2 aliphatic carbocycles. The maximum atomic E-state index is 12.5. The Balaban J connectivity index is 1.55. The molecule has 2 fully saturated rings. The molecule has 0 aliphatic heterocycles. The van der Waals surface area contributed by atoms with Crippen LogP contribution < -0.4 is 10.6 Å². The van der Waals surface area contributed by atoms with Crippen molar-refractivity contribution < 1.29 is 9.59 Å². The summed E-state index contributed by atoms with van der Waals surface area (Å²) >= 11 is 0. The molecule has 1 aromatic rings. The van der Waals surface area contributed by atoms with Crippen LogP contribution in [0.3, 0.4) is 0 Å². The minimum absolute atomic E-state index is 0.0292. The Morgan fingerprint density at radius 3 is 2.56 bits per heavy atom. The molecule has 0 saturated heterocycles. The third kappa shape index (κ3) is 4.12. The van der Waals surface area contributed by atoms with Gasteiger partial charge in [-0.25, -0.2) is 0 Å². The average molecular weight is 340 g/mol. The molecule has 2 amide bonds. The van der Waals surface area contributed by atoms with Gasteiger partial charge in [0.05, 0.1) is 5.92 Å². The maximum absolute atomic E-state index is 12.5. The SMILES string of the molecule is CC(C)=CC1C(C(=O)NCc2cccc(NC(=O)C3CC3)c2)C1(C)C. The van der Waals surface area contributed by atoms with Crippen LogP contribution in [-0.4, -0.2) is 11.8 Å². The van der Waals surface area contributed by atoms with Gasteiger partial charge in [0.2, 0.25) is 11.8 Å². The number of carbonyl (C=O) groups is 2. The molecule has 0 aromatic heterocycles. The van der Waals surface area contributed by atoms with Crippen LogP contribution in [0.25, 0.3) is 0 Å². The van der Waals surface area contributed by atoms with Crippen LogP contribution >= 0.6 is 0 Å². The first kappa shape index (κ1) is 17.7. The van der Waals surface area contributed by atoms with E-state index in [4.69, 9.17) is 0 Å². The lowest BCUT2D eigenvalue weighted by Crippen LogP contribution is -2.26. The maximum Gasteiger partial charge on any atom is 0.227 e. The topological polar surface area (TPSA) is 58.2 Å². The van der Waals surface area contributed by atoms with E-state index >= 15 is 0 Å². The highest BCUT2D eigenvalue weighted by Crippen LogP contribution is 2.59. The van der Waals surface area contributed by atoms with E-state index < -0.39 is 0 Å². The normalized spacial score (nSPS) is 23.5. The monoisotopic (exact) mass is 340 g/mol. The van der Waals surface area contributed by atoms with Crippen molar-refractivity contribution in [3.8, 4) is 0 Å². The molecule has 3 rings (SSSR count). The van der Waals surface area contributed by atoms with E-state index in [1.807, 2.05) is 24.3 Å². The summed E-state index contributed by atoms with van der Waals surface area (Å²) in [5.41, 5.74) is 3.09. The molecule has 1 aromatic carbocycles. The van der Waals surface area contributed by atoms with E-state index in [2.05, 4.69) is 44.4 Å². The average Bonchev–Trinajstić information content (AvgIpc) is 3.43. The van der Waals surface area contributed by atoms with Gasteiger partial charge < -0.3 is 10.6 Å². The summed E-state index contributed by atoms with van der Waals surface area (Å²) in [7, 11) is 0. The molecule has 2 N–H and O–H groups in total. The highest BCUT2D eigenvalue weighted by atomic mass is 16.2. The summed E-state index contributed by atoms with van der Waals surface area (Å²) in [6.45, 7) is 8.93. The fourth-order valence-electron chi connectivity index (χ4n) is 3.50.